The summed E-state index contributed by atoms with van der Waals surface area (Å²) in [5, 5.41) is 2.04. The van der Waals surface area contributed by atoms with Crippen LogP contribution in [0.1, 0.15) is 0 Å². The minimum absolute atomic E-state index is 0. The van der Waals surface area contributed by atoms with Crippen LogP contribution in [0, 0.1) is 12.1 Å². The Morgan fingerprint density at radius 1 is 0.778 bits per heavy atom. The van der Waals surface area contributed by atoms with Crippen LogP contribution in [-0.4, -0.2) is 27.6 Å². The number of furan rings is 1. The molecule has 0 N–H and O–H groups in total. The van der Waals surface area contributed by atoms with Crippen LogP contribution in [0.15, 0.2) is 108 Å². The average Bonchev–Trinajstić information content (AvgIpc) is 3.47. The van der Waals surface area contributed by atoms with Gasteiger partial charge in [-0.25, -0.2) is 4.98 Å². The predicted molar refractivity (Wildman–Crippen MR) is 138 cm³/mol. The third-order valence-corrected chi connectivity index (χ3v) is 5.78. The summed E-state index contributed by atoms with van der Waals surface area (Å²) in [6.45, 7) is 0. The summed E-state index contributed by atoms with van der Waals surface area (Å²) in [6, 6.07) is 39.7. The zero-order chi connectivity index (χ0) is 23.6. The van der Waals surface area contributed by atoms with Gasteiger partial charge in [0.05, 0.1) is 0 Å². The topological polar surface area (TPSA) is 44.9 Å². The second-order valence-corrected chi connectivity index (χ2v) is 8.02. The summed E-state index contributed by atoms with van der Waals surface area (Å²) >= 11 is 0. The molecule has 7 rings (SSSR count). The van der Waals surface area contributed by atoms with E-state index in [1.807, 2.05) is 89.0 Å². The van der Waals surface area contributed by atoms with E-state index in [2.05, 4.69) is 46.3 Å². The van der Waals surface area contributed by atoms with Gasteiger partial charge in [0.2, 0.25) is 5.71 Å². The third kappa shape index (κ3) is 4.41. The number of fused-ring (bicyclic) bond motifs is 4. The Kier molecular flexibility index (Phi) is 6.66. The predicted octanol–water partition coefficient (Wildman–Crippen LogP) is 6.62. The normalized spacial score (nSPS) is 11.7. The Bertz CT molecular complexity index is 1700. The molecule has 36 heavy (non-hydrogen) atoms. The zero-order valence-electron chi connectivity index (χ0n) is 19.3. The van der Waals surface area contributed by atoms with Gasteiger partial charge in [-0.15, -0.1) is 35.9 Å². The van der Waals surface area contributed by atoms with Crippen LogP contribution in [0.25, 0.3) is 33.3 Å². The minimum atomic E-state index is 0. The summed E-state index contributed by atoms with van der Waals surface area (Å²) in [4.78, 5) is 8.49. The molecule has 0 saturated carbocycles. The number of nitrogens with zero attached hydrogens (tertiary/aromatic N) is 4. The van der Waals surface area contributed by atoms with E-state index in [-0.39, 0.29) is 20.1 Å². The summed E-state index contributed by atoms with van der Waals surface area (Å²) in [5.41, 5.74) is 6.46. The van der Waals surface area contributed by atoms with Gasteiger partial charge >= 0.3 is 6.01 Å². The fourth-order valence-corrected chi connectivity index (χ4v) is 4.11. The molecule has 1 radical (unpaired) electrons. The van der Waals surface area contributed by atoms with Crippen LogP contribution in [-0.2, 0) is 20.1 Å². The van der Waals surface area contributed by atoms with Crippen molar-refractivity contribution in [3.8, 4) is 11.3 Å². The third-order valence-electron chi connectivity index (χ3n) is 5.78. The quantitative estimate of drug-likeness (QED) is 0.157. The van der Waals surface area contributed by atoms with Gasteiger partial charge < -0.3 is 9.40 Å². The van der Waals surface area contributed by atoms with E-state index < -0.39 is 0 Å². The van der Waals surface area contributed by atoms with E-state index in [1.165, 1.54) is 0 Å². The molecule has 6 aromatic rings. The number of para-hydroxylation sites is 2. The number of aromatic nitrogens is 2. The van der Waals surface area contributed by atoms with Gasteiger partial charge in [0.15, 0.2) is 7.05 Å². The Labute approximate surface area is 222 Å². The maximum absolute atomic E-state index is 5.83. The molecule has 0 saturated heterocycles. The van der Waals surface area contributed by atoms with Crippen LogP contribution in [0.2, 0.25) is 0 Å². The largest absolute Gasteiger partial charge is 0.494 e. The van der Waals surface area contributed by atoms with Crippen molar-refractivity contribution >= 4 is 45.1 Å². The first kappa shape index (κ1) is 23.5. The van der Waals surface area contributed by atoms with Crippen LogP contribution >= 0.6 is 0 Å². The molecule has 6 heteroatoms. The van der Waals surface area contributed by atoms with Gasteiger partial charge in [0.25, 0.3) is 11.4 Å². The van der Waals surface area contributed by atoms with Crippen LogP contribution < -0.4 is 4.58 Å². The van der Waals surface area contributed by atoms with E-state index >= 15 is 0 Å². The molecule has 175 valence electrons. The Hall–Kier alpha value is -4.21. The molecule has 0 spiro atoms. The molecule has 0 fully saturated rings. The monoisotopic (exact) mass is 645 g/mol. The SMILES string of the molecule is C[N+]1=C=[N+](c2[c-]c3oc4ncccc4c3cc2)c2ccccc21.[Ir].[c-]1ccccc1-c1ccccn1. The molecular weight excluding hydrogens is 625 g/mol. The maximum atomic E-state index is 5.83. The molecule has 0 unspecified atom stereocenters. The van der Waals surface area contributed by atoms with Gasteiger partial charge in [0.1, 0.15) is 5.69 Å². The van der Waals surface area contributed by atoms with Crippen LogP contribution in [0.5, 0.6) is 0 Å². The molecule has 5 nitrogen and oxygen atoms in total. The molecule has 1 aliphatic rings. The first-order chi connectivity index (χ1) is 17.3. The van der Waals surface area contributed by atoms with Gasteiger partial charge in [-0.2, -0.15) is 6.07 Å². The summed E-state index contributed by atoms with van der Waals surface area (Å²) in [5.74, 6) is 0. The summed E-state index contributed by atoms with van der Waals surface area (Å²) in [7, 11) is 1.99. The fraction of sp³-hybridized carbons (Fsp3) is 0.0333. The van der Waals surface area contributed by atoms with E-state index in [0.29, 0.717) is 11.3 Å². The van der Waals surface area contributed by atoms with E-state index in [9.17, 15) is 0 Å². The molecule has 1 aliphatic heterocycles. The van der Waals surface area contributed by atoms with E-state index in [0.717, 1.165) is 39.1 Å². The second-order valence-electron chi connectivity index (χ2n) is 8.02. The van der Waals surface area contributed by atoms with Crippen molar-refractivity contribution in [2.24, 2.45) is 0 Å². The number of benzene rings is 3. The molecular formula is C30H20IrN4O. The number of rotatable bonds is 2. The van der Waals surface area contributed by atoms with Gasteiger partial charge in [-0.1, -0.05) is 57.0 Å². The average molecular weight is 645 g/mol. The molecule has 4 heterocycles. The van der Waals surface area contributed by atoms with Crippen molar-refractivity contribution in [2.75, 3.05) is 7.05 Å². The first-order valence-corrected chi connectivity index (χ1v) is 11.2. The molecule has 3 aromatic carbocycles. The molecule has 0 amide bonds. The van der Waals surface area contributed by atoms with Crippen molar-refractivity contribution in [3.63, 3.8) is 0 Å². The smallest absolute Gasteiger partial charge is 0.465 e. The van der Waals surface area contributed by atoms with Gasteiger partial charge in [-0.05, 0) is 23.2 Å². The number of hydrogen-bond donors (Lipinski definition) is 0. The first-order valence-electron chi connectivity index (χ1n) is 11.2. The Balaban J connectivity index is 0.000000175. The minimum Gasteiger partial charge on any atom is -0.465 e. The van der Waals surface area contributed by atoms with Crippen molar-refractivity contribution in [2.45, 2.75) is 0 Å². The molecule has 0 atom stereocenters. The number of hydrogen-bond acceptors (Lipinski definition) is 3. The van der Waals surface area contributed by atoms with Crippen LogP contribution in [0.4, 0.5) is 17.1 Å². The standard InChI is InChI=1S/C19H12N3O.C11H8N.Ir/c1-21-12-22(17-7-3-2-6-16(17)21)13-8-9-14-15-5-4-10-20-19(15)23-18(14)11-13;1-2-6-10(7-3-1)11-8-4-5-9-12-11;/h2-10H,1H3;1-6,8-9H;/q+1;-1;. The summed E-state index contributed by atoms with van der Waals surface area (Å²) < 4.78 is 9.81. The van der Waals surface area contributed by atoms with Gasteiger partial charge in [0, 0.05) is 50.2 Å². The maximum Gasteiger partial charge on any atom is 0.494 e. The summed E-state index contributed by atoms with van der Waals surface area (Å²) in [6.07, 6.45) is 3.52. The molecule has 3 aromatic heterocycles. The van der Waals surface area contributed by atoms with Crippen molar-refractivity contribution < 1.29 is 29.1 Å². The Morgan fingerprint density at radius 2 is 1.58 bits per heavy atom. The fourth-order valence-electron chi connectivity index (χ4n) is 4.11. The molecule has 0 bridgehead atoms. The van der Waals surface area contributed by atoms with Gasteiger partial charge in [-0.3, -0.25) is 0 Å². The molecule has 0 aliphatic carbocycles. The van der Waals surface area contributed by atoms with E-state index in [4.69, 9.17) is 4.42 Å². The van der Waals surface area contributed by atoms with Crippen molar-refractivity contribution in [3.05, 3.63) is 116 Å². The van der Waals surface area contributed by atoms with E-state index in [1.54, 1.807) is 12.4 Å². The second kappa shape index (κ2) is 10.2. The zero-order valence-corrected chi connectivity index (χ0v) is 21.7. The number of pyridine rings is 2. The van der Waals surface area contributed by atoms with Crippen molar-refractivity contribution in [1.82, 2.24) is 14.5 Å². The Morgan fingerprint density at radius 3 is 2.39 bits per heavy atom. The van der Waals surface area contributed by atoms with Crippen molar-refractivity contribution in [1.29, 1.82) is 0 Å². The van der Waals surface area contributed by atoms with Crippen LogP contribution in [0.3, 0.4) is 0 Å².